The minimum atomic E-state index is -0.448. The molecule has 0 heterocycles. The van der Waals surface area contributed by atoms with Crippen LogP contribution in [0.4, 0.5) is 0 Å². The van der Waals surface area contributed by atoms with E-state index in [-0.39, 0.29) is 0 Å². The van der Waals surface area contributed by atoms with Gasteiger partial charge in [0.15, 0.2) is 0 Å². The average Bonchev–Trinajstić information content (AvgIpc) is 1.84. The summed E-state index contributed by atoms with van der Waals surface area (Å²) in [5.41, 5.74) is 1.69. The predicted molar refractivity (Wildman–Crippen MR) is 48.9 cm³/mol. The lowest BCUT2D eigenvalue weighted by Crippen LogP contribution is -2.08. The molecule has 0 aromatic carbocycles. The Bertz CT molecular complexity index is 221. The fourth-order valence-corrected chi connectivity index (χ4v) is 0.667. The first-order valence-corrected chi connectivity index (χ1v) is 3.81. The lowest BCUT2D eigenvalue weighted by Gasteiger charge is -1.90. The molecule has 0 fully saturated rings. The molecule has 12 heavy (non-hydrogen) atoms. The van der Waals surface area contributed by atoms with Gasteiger partial charge in [-0.2, -0.15) is 0 Å². The summed E-state index contributed by atoms with van der Waals surface area (Å²) in [7, 11) is 0. The normalized spacial score (nSPS) is 8.67. The van der Waals surface area contributed by atoms with Crippen LogP contribution in [0.5, 0.6) is 0 Å². The summed E-state index contributed by atoms with van der Waals surface area (Å²) in [5.74, 6) is -0.896. The van der Waals surface area contributed by atoms with Crippen molar-refractivity contribution in [3.8, 4) is 0 Å². The molecule has 0 atom stereocenters. The maximum atomic E-state index is 11.0. The number of rotatable bonds is 3. The standard InChI is InChI=1S/C10H14O2/c1-7(2)5-9(11)10(12)6-8(3)4/h5-6H,1-4H3. The lowest BCUT2D eigenvalue weighted by atomic mass is 10.1. The van der Waals surface area contributed by atoms with Gasteiger partial charge in [0.2, 0.25) is 11.6 Å². The monoisotopic (exact) mass is 166 g/mol. The van der Waals surface area contributed by atoms with E-state index in [1.165, 1.54) is 12.2 Å². The molecule has 0 aliphatic carbocycles. The number of carbonyl (C=O) groups excluding carboxylic acids is 2. The van der Waals surface area contributed by atoms with Crippen molar-refractivity contribution in [2.45, 2.75) is 27.7 Å². The van der Waals surface area contributed by atoms with Crippen LogP contribution in [-0.2, 0) is 9.59 Å². The van der Waals surface area contributed by atoms with Crippen molar-refractivity contribution >= 4 is 11.6 Å². The molecule has 0 aliphatic heterocycles. The third-order valence-electron chi connectivity index (χ3n) is 1.08. The molecule has 0 saturated carbocycles. The first-order chi connectivity index (χ1) is 5.43. The summed E-state index contributed by atoms with van der Waals surface area (Å²) in [6.45, 7) is 7.14. The number of ketones is 2. The van der Waals surface area contributed by atoms with Gasteiger partial charge < -0.3 is 0 Å². The molecule has 0 aromatic heterocycles. The molecule has 0 bridgehead atoms. The fourth-order valence-electron chi connectivity index (χ4n) is 0.667. The SMILES string of the molecule is CC(C)=CC(=O)C(=O)C=C(C)C. The lowest BCUT2D eigenvalue weighted by molar-refractivity contribution is -0.131. The van der Waals surface area contributed by atoms with E-state index in [4.69, 9.17) is 0 Å². The van der Waals surface area contributed by atoms with Gasteiger partial charge in [-0.1, -0.05) is 11.1 Å². The summed E-state index contributed by atoms with van der Waals surface area (Å²) in [5, 5.41) is 0. The van der Waals surface area contributed by atoms with Crippen molar-refractivity contribution in [2.75, 3.05) is 0 Å². The number of allylic oxidation sites excluding steroid dienone is 4. The smallest absolute Gasteiger partial charge is 0.225 e. The topological polar surface area (TPSA) is 34.1 Å². The Morgan fingerprint density at radius 1 is 0.750 bits per heavy atom. The maximum Gasteiger partial charge on any atom is 0.225 e. The summed E-state index contributed by atoms with van der Waals surface area (Å²) >= 11 is 0. The van der Waals surface area contributed by atoms with Crippen LogP contribution in [0.3, 0.4) is 0 Å². The van der Waals surface area contributed by atoms with E-state index in [2.05, 4.69) is 0 Å². The van der Waals surface area contributed by atoms with Gasteiger partial charge in [0, 0.05) is 0 Å². The summed E-state index contributed by atoms with van der Waals surface area (Å²) in [6, 6.07) is 0. The Morgan fingerprint density at radius 3 is 1.17 bits per heavy atom. The van der Waals surface area contributed by atoms with Crippen LogP contribution in [0.25, 0.3) is 0 Å². The second-order valence-electron chi connectivity index (χ2n) is 3.17. The van der Waals surface area contributed by atoms with E-state index in [9.17, 15) is 9.59 Å². The molecule has 2 heteroatoms. The fraction of sp³-hybridized carbons (Fsp3) is 0.400. The van der Waals surface area contributed by atoms with Crippen molar-refractivity contribution in [1.29, 1.82) is 0 Å². The van der Waals surface area contributed by atoms with Crippen LogP contribution in [-0.4, -0.2) is 11.6 Å². The Kier molecular flexibility index (Phi) is 4.19. The highest BCUT2D eigenvalue weighted by Gasteiger charge is 2.06. The van der Waals surface area contributed by atoms with Gasteiger partial charge >= 0.3 is 0 Å². The Balaban J connectivity index is 4.43. The van der Waals surface area contributed by atoms with Crippen LogP contribution in [0.1, 0.15) is 27.7 Å². The van der Waals surface area contributed by atoms with Gasteiger partial charge in [0.25, 0.3) is 0 Å². The van der Waals surface area contributed by atoms with Gasteiger partial charge in [-0.3, -0.25) is 9.59 Å². The van der Waals surface area contributed by atoms with Crippen molar-refractivity contribution < 1.29 is 9.59 Å². The van der Waals surface area contributed by atoms with Crippen molar-refractivity contribution in [3.05, 3.63) is 23.3 Å². The second kappa shape index (κ2) is 4.65. The summed E-state index contributed by atoms with van der Waals surface area (Å²) in [4.78, 5) is 22.0. The third-order valence-corrected chi connectivity index (χ3v) is 1.08. The zero-order chi connectivity index (χ0) is 9.72. The largest absolute Gasteiger partial charge is 0.286 e. The first kappa shape index (κ1) is 10.8. The molecule has 0 aromatic rings. The highest BCUT2D eigenvalue weighted by molar-refractivity contribution is 6.45. The molecular weight excluding hydrogens is 152 g/mol. The van der Waals surface area contributed by atoms with E-state index >= 15 is 0 Å². The number of carbonyl (C=O) groups is 2. The van der Waals surface area contributed by atoms with Crippen LogP contribution >= 0.6 is 0 Å². The van der Waals surface area contributed by atoms with E-state index < -0.39 is 11.6 Å². The van der Waals surface area contributed by atoms with Crippen LogP contribution < -0.4 is 0 Å². The molecule has 66 valence electrons. The highest BCUT2D eigenvalue weighted by Crippen LogP contribution is 1.94. The van der Waals surface area contributed by atoms with Gasteiger partial charge in [-0.05, 0) is 39.8 Å². The Morgan fingerprint density at radius 2 is 1.00 bits per heavy atom. The number of hydrogen-bond donors (Lipinski definition) is 0. The van der Waals surface area contributed by atoms with Crippen LogP contribution in [0, 0.1) is 0 Å². The van der Waals surface area contributed by atoms with Crippen LogP contribution in [0.2, 0.25) is 0 Å². The Hall–Kier alpha value is -1.18. The molecular formula is C10H14O2. The molecule has 0 saturated heterocycles. The highest BCUT2D eigenvalue weighted by atomic mass is 16.2. The minimum Gasteiger partial charge on any atom is -0.286 e. The molecule has 0 amide bonds. The zero-order valence-electron chi connectivity index (χ0n) is 7.97. The third kappa shape index (κ3) is 4.61. The molecule has 2 nitrogen and oxygen atoms in total. The minimum absolute atomic E-state index is 0.448. The molecule has 0 rings (SSSR count). The van der Waals surface area contributed by atoms with Gasteiger partial charge in [0.1, 0.15) is 0 Å². The van der Waals surface area contributed by atoms with Crippen LogP contribution in [0.15, 0.2) is 23.3 Å². The zero-order valence-corrected chi connectivity index (χ0v) is 7.97. The maximum absolute atomic E-state index is 11.0. The summed E-state index contributed by atoms with van der Waals surface area (Å²) in [6.07, 6.45) is 2.70. The molecule has 0 spiro atoms. The second-order valence-corrected chi connectivity index (χ2v) is 3.17. The van der Waals surface area contributed by atoms with Gasteiger partial charge in [-0.15, -0.1) is 0 Å². The van der Waals surface area contributed by atoms with Gasteiger partial charge in [-0.25, -0.2) is 0 Å². The quantitative estimate of drug-likeness (QED) is 0.475. The van der Waals surface area contributed by atoms with E-state index in [0.717, 1.165) is 11.1 Å². The average molecular weight is 166 g/mol. The Labute approximate surface area is 73.0 Å². The predicted octanol–water partition coefficient (Wildman–Crippen LogP) is 2.06. The molecule has 0 aliphatic rings. The van der Waals surface area contributed by atoms with Crippen molar-refractivity contribution in [2.24, 2.45) is 0 Å². The first-order valence-electron chi connectivity index (χ1n) is 3.81. The van der Waals surface area contributed by atoms with E-state index in [1.807, 2.05) is 0 Å². The van der Waals surface area contributed by atoms with E-state index in [1.54, 1.807) is 27.7 Å². The molecule has 0 radical (unpaired) electrons. The number of hydrogen-bond acceptors (Lipinski definition) is 2. The van der Waals surface area contributed by atoms with E-state index in [0.29, 0.717) is 0 Å². The van der Waals surface area contributed by atoms with Crippen molar-refractivity contribution in [1.82, 2.24) is 0 Å². The van der Waals surface area contributed by atoms with Crippen molar-refractivity contribution in [3.63, 3.8) is 0 Å². The summed E-state index contributed by atoms with van der Waals surface area (Å²) < 4.78 is 0. The van der Waals surface area contributed by atoms with Gasteiger partial charge in [0.05, 0.1) is 0 Å². The molecule has 0 unspecified atom stereocenters. The molecule has 0 N–H and O–H groups in total.